The first-order valence-electron chi connectivity index (χ1n) is 10.8. The molecule has 8 heteroatoms. The summed E-state index contributed by atoms with van der Waals surface area (Å²) >= 11 is 0. The number of nitrogens with one attached hydrogen (secondary N) is 1. The Morgan fingerprint density at radius 1 is 1.00 bits per heavy atom. The van der Waals surface area contributed by atoms with Crippen molar-refractivity contribution < 1.29 is 18.6 Å². The second kappa shape index (κ2) is 10.2. The second-order valence-electron chi connectivity index (χ2n) is 8.28. The first-order chi connectivity index (χ1) is 16.0. The Labute approximate surface area is 190 Å². The van der Waals surface area contributed by atoms with Crippen molar-refractivity contribution in [2.45, 2.75) is 38.1 Å². The van der Waals surface area contributed by atoms with Gasteiger partial charge in [0.05, 0.1) is 25.9 Å². The highest BCUT2D eigenvalue weighted by Gasteiger charge is 2.55. The molecule has 33 heavy (non-hydrogen) atoms. The van der Waals surface area contributed by atoms with Crippen LogP contribution in [0.1, 0.15) is 24.3 Å². The quantitative estimate of drug-likeness (QED) is 0.537. The summed E-state index contributed by atoms with van der Waals surface area (Å²) in [5.74, 6) is -0.395. The average molecular weight is 454 g/mol. The molecule has 0 radical (unpaired) electrons. The molecule has 0 bridgehead atoms. The monoisotopic (exact) mass is 454 g/mol. The fourth-order valence-corrected chi connectivity index (χ4v) is 4.22. The minimum atomic E-state index is -1.41. The zero-order valence-corrected chi connectivity index (χ0v) is 18.4. The van der Waals surface area contributed by atoms with Crippen LogP contribution in [0.2, 0.25) is 0 Å². The second-order valence-corrected chi connectivity index (χ2v) is 8.28. The van der Waals surface area contributed by atoms with Crippen molar-refractivity contribution in [3.05, 3.63) is 105 Å². The molecule has 4 rings (SSSR count). The minimum Gasteiger partial charge on any atom is -0.374 e. The van der Waals surface area contributed by atoms with E-state index in [1.165, 1.54) is 16.8 Å². The van der Waals surface area contributed by atoms with Crippen LogP contribution in [-0.2, 0) is 27.4 Å². The van der Waals surface area contributed by atoms with Gasteiger partial charge in [0.15, 0.2) is 0 Å². The predicted octanol–water partition coefficient (Wildman–Crippen LogP) is 3.21. The lowest BCUT2D eigenvalue weighted by Gasteiger charge is -2.32. The number of benzene rings is 2. The molecule has 2 aromatic carbocycles. The lowest BCUT2D eigenvalue weighted by molar-refractivity contribution is -0.165. The molecular formula is C25H27FN2O5. The maximum absolute atomic E-state index is 14.7. The van der Waals surface area contributed by atoms with Gasteiger partial charge in [0.25, 0.3) is 5.56 Å². The van der Waals surface area contributed by atoms with Crippen LogP contribution in [0.4, 0.5) is 4.39 Å². The standard InChI is InChI=1S/C25H27FN2O5/c1-18-22(32-15-20-10-6-3-7-11-20)25(16-26,17-31-14-19-8-4-2-5-9-19)33-23(18)28-13-12-21(29)27-24(28)30/h2-13,18,22-23H,14-17H2,1H3,(H,27,29,30)/t18-,22-,23+,25+/m0/s1. The molecule has 1 saturated heterocycles. The molecule has 0 spiro atoms. The SMILES string of the molecule is C[C@@H]1[C@H](n2ccc(=O)[nH]c2=O)O[C@](CF)(COCc2ccccc2)[C@H]1OCc1ccccc1. The van der Waals surface area contributed by atoms with Crippen molar-refractivity contribution in [2.75, 3.05) is 13.3 Å². The molecule has 1 fully saturated rings. The van der Waals surface area contributed by atoms with Crippen LogP contribution in [0, 0.1) is 5.92 Å². The third kappa shape index (κ3) is 5.13. The molecule has 3 aromatic rings. The van der Waals surface area contributed by atoms with E-state index in [9.17, 15) is 14.0 Å². The lowest BCUT2D eigenvalue weighted by atomic mass is 9.91. The number of hydrogen-bond acceptors (Lipinski definition) is 5. The molecule has 174 valence electrons. The number of alkyl halides is 1. The normalized spacial score (nSPS) is 24.7. The number of halogens is 1. The zero-order chi connectivity index (χ0) is 23.3. The maximum atomic E-state index is 14.7. The number of aromatic nitrogens is 2. The van der Waals surface area contributed by atoms with E-state index in [2.05, 4.69) is 4.98 Å². The summed E-state index contributed by atoms with van der Waals surface area (Å²) in [5.41, 5.74) is -0.661. The molecule has 1 aliphatic heterocycles. The van der Waals surface area contributed by atoms with Gasteiger partial charge in [-0.2, -0.15) is 0 Å². The van der Waals surface area contributed by atoms with Crippen LogP contribution in [0.25, 0.3) is 0 Å². The van der Waals surface area contributed by atoms with E-state index < -0.39 is 41.8 Å². The molecule has 0 unspecified atom stereocenters. The first-order valence-corrected chi connectivity index (χ1v) is 10.8. The summed E-state index contributed by atoms with van der Waals surface area (Å²) in [5, 5.41) is 0. The van der Waals surface area contributed by atoms with Crippen LogP contribution in [0.15, 0.2) is 82.5 Å². The fourth-order valence-electron chi connectivity index (χ4n) is 4.22. The van der Waals surface area contributed by atoms with Gasteiger partial charge in [-0.3, -0.25) is 14.3 Å². The van der Waals surface area contributed by atoms with Gasteiger partial charge >= 0.3 is 5.69 Å². The highest BCUT2D eigenvalue weighted by Crippen LogP contribution is 2.43. The Hall–Kier alpha value is -3.07. The Kier molecular flexibility index (Phi) is 7.17. The van der Waals surface area contributed by atoms with Gasteiger partial charge in [0, 0.05) is 18.2 Å². The van der Waals surface area contributed by atoms with Gasteiger partial charge in [-0.05, 0) is 11.1 Å². The molecule has 4 atom stereocenters. The number of H-pyrrole nitrogens is 1. The molecule has 0 aliphatic carbocycles. The van der Waals surface area contributed by atoms with E-state index in [0.29, 0.717) is 0 Å². The highest BCUT2D eigenvalue weighted by atomic mass is 19.1. The van der Waals surface area contributed by atoms with Crippen LogP contribution in [0.5, 0.6) is 0 Å². The summed E-state index contributed by atoms with van der Waals surface area (Å²) in [7, 11) is 0. The molecule has 1 N–H and O–H groups in total. The van der Waals surface area contributed by atoms with Crippen LogP contribution < -0.4 is 11.2 Å². The van der Waals surface area contributed by atoms with Gasteiger partial charge in [-0.25, -0.2) is 9.18 Å². The lowest BCUT2D eigenvalue weighted by Crippen LogP contribution is -2.48. The van der Waals surface area contributed by atoms with Gasteiger partial charge in [-0.1, -0.05) is 67.6 Å². The number of nitrogens with zero attached hydrogens (tertiary/aromatic N) is 1. The zero-order valence-electron chi connectivity index (χ0n) is 18.4. The third-order valence-corrected chi connectivity index (χ3v) is 5.88. The number of hydrogen-bond donors (Lipinski definition) is 1. The number of aromatic amines is 1. The highest BCUT2D eigenvalue weighted by molar-refractivity contribution is 5.15. The molecule has 7 nitrogen and oxygen atoms in total. The summed E-state index contributed by atoms with van der Waals surface area (Å²) < 4.78 is 34.2. The third-order valence-electron chi connectivity index (χ3n) is 5.88. The van der Waals surface area contributed by atoms with Crippen molar-refractivity contribution in [2.24, 2.45) is 5.92 Å². The summed E-state index contributed by atoms with van der Waals surface area (Å²) in [4.78, 5) is 26.2. The van der Waals surface area contributed by atoms with Crippen LogP contribution >= 0.6 is 0 Å². The van der Waals surface area contributed by atoms with E-state index in [4.69, 9.17) is 14.2 Å². The van der Waals surface area contributed by atoms with E-state index in [-0.39, 0.29) is 19.8 Å². The Morgan fingerprint density at radius 2 is 1.64 bits per heavy atom. The van der Waals surface area contributed by atoms with Crippen molar-refractivity contribution in [1.29, 1.82) is 0 Å². The fraction of sp³-hybridized carbons (Fsp3) is 0.360. The maximum Gasteiger partial charge on any atom is 0.330 e. The summed E-state index contributed by atoms with van der Waals surface area (Å²) in [6.07, 6.45) is -0.163. The smallest absolute Gasteiger partial charge is 0.330 e. The topological polar surface area (TPSA) is 82.6 Å². The van der Waals surface area contributed by atoms with Gasteiger partial charge in [-0.15, -0.1) is 0 Å². The molecular weight excluding hydrogens is 427 g/mol. The van der Waals surface area contributed by atoms with Crippen molar-refractivity contribution in [1.82, 2.24) is 9.55 Å². The van der Waals surface area contributed by atoms with Gasteiger partial charge in [0.1, 0.15) is 18.5 Å². The molecule has 0 amide bonds. The van der Waals surface area contributed by atoms with E-state index in [1.54, 1.807) is 0 Å². The van der Waals surface area contributed by atoms with E-state index in [0.717, 1.165) is 11.1 Å². The van der Waals surface area contributed by atoms with Crippen molar-refractivity contribution in [3.8, 4) is 0 Å². The Morgan fingerprint density at radius 3 is 2.24 bits per heavy atom. The average Bonchev–Trinajstić information content (AvgIpc) is 3.10. The van der Waals surface area contributed by atoms with Crippen molar-refractivity contribution >= 4 is 0 Å². The van der Waals surface area contributed by atoms with E-state index >= 15 is 0 Å². The van der Waals surface area contributed by atoms with Gasteiger partial charge in [0.2, 0.25) is 0 Å². The Bertz CT molecular complexity index is 1150. The van der Waals surface area contributed by atoms with Crippen LogP contribution in [0.3, 0.4) is 0 Å². The first kappa shape index (κ1) is 23.1. The van der Waals surface area contributed by atoms with Crippen LogP contribution in [-0.4, -0.2) is 34.5 Å². The van der Waals surface area contributed by atoms with E-state index in [1.807, 2.05) is 67.6 Å². The minimum absolute atomic E-state index is 0.0587. The summed E-state index contributed by atoms with van der Waals surface area (Å²) in [6.45, 7) is 1.46. The largest absolute Gasteiger partial charge is 0.374 e. The predicted molar refractivity (Wildman–Crippen MR) is 120 cm³/mol. The molecule has 2 heterocycles. The summed E-state index contributed by atoms with van der Waals surface area (Å²) in [6, 6.07) is 20.4. The number of rotatable bonds is 9. The van der Waals surface area contributed by atoms with Crippen molar-refractivity contribution in [3.63, 3.8) is 0 Å². The van der Waals surface area contributed by atoms with Gasteiger partial charge < -0.3 is 14.2 Å². The molecule has 0 saturated carbocycles. The Balaban J connectivity index is 1.59. The molecule has 1 aliphatic rings. The molecule has 1 aromatic heterocycles. The number of ether oxygens (including phenoxy) is 3.